The highest BCUT2D eigenvalue weighted by molar-refractivity contribution is 5.82. The monoisotopic (exact) mass is 244 g/mol. The number of aliphatic carboxylic acids is 1. The number of nitrogens with zero attached hydrogens (tertiary/aromatic N) is 1. The van der Waals surface area contributed by atoms with Gasteiger partial charge >= 0.3 is 5.97 Å². The summed E-state index contributed by atoms with van der Waals surface area (Å²) >= 11 is 0. The molecule has 1 heterocycles. The predicted molar refractivity (Wildman–Crippen MR) is 61.4 cm³/mol. The fourth-order valence-corrected chi connectivity index (χ4v) is 1.99. The Morgan fingerprint density at radius 2 is 1.94 bits per heavy atom. The molecule has 3 N–H and O–H groups in total. The third-order valence-electron chi connectivity index (χ3n) is 2.72. The highest BCUT2D eigenvalue weighted by atomic mass is 16.5. The molecule has 1 unspecified atom stereocenters. The number of rotatable bonds is 4. The summed E-state index contributed by atoms with van der Waals surface area (Å²) in [6, 6.07) is -0.733. The van der Waals surface area contributed by atoms with E-state index in [2.05, 4.69) is 0 Å². The van der Waals surface area contributed by atoms with Gasteiger partial charge in [-0.25, -0.2) is 0 Å². The molecule has 1 fully saturated rings. The maximum Gasteiger partial charge on any atom is 0.303 e. The number of morpholine rings is 1. The second kappa shape index (κ2) is 5.97. The van der Waals surface area contributed by atoms with Gasteiger partial charge in [0.25, 0.3) is 0 Å². The third kappa shape index (κ3) is 4.32. The van der Waals surface area contributed by atoms with E-state index in [1.807, 2.05) is 13.8 Å². The highest BCUT2D eigenvalue weighted by Gasteiger charge is 2.28. The number of carboxylic acids is 1. The van der Waals surface area contributed by atoms with Crippen LogP contribution in [0.4, 0.5) is 0 Å². The van der Waals surface area contributed by atoms with E-state index >= 15 is 0 Å². The molecule has 0 saturated carbocycles. The number of hydrogen-bond donors (Lipinski definition) is 2. The van der Waals surface area contributed by atoms with Crippen LogP contribution in [0.25, 0.3) is 0 Å². The highest BCUT2D eigenvalue weighted by Crippen LogP contribution is 2.12. The number of carbonyl (C=O) groups excluding carboxylic acids is 1. The molecule has 1 saturated heterocycles. The van der Waals surface area contributed by atoms with Crippen molar-refractivity contribution in [2.75, 3.05) is 13.1 Å². The van der Waals surface area contributed by atoms with E-state index in [0.717, 1.165) is 0 Å². The van der Waals surface area contributed by atoms with Crippen LogP contribution >= 0.6 is 0 Å². The Bertz CT molecular complexity index is 285. The summed E-state index contributed by atoms with van der Waals surface area (Å²) < 4.78 is 5.52. The molecule has 0 aromatic heterocycles. The first-order valence-electron chi connectivity index (χ1n) is 5.81. The van der Waals surface area contributed by atoms with Crippen LogP contribution in [-0.4, -0.2) is 53.2 Å². The maximum absolute atomic E-state index is 12.0. The van der Waals surface area contributed by atoms with Gasteiger partial charge in [0.1, 0.15) is 0 Å². The lowest BCUT2D eigenvalue weighted by Crippen LogP contribution is -2.53. The summed E-state index contributed by atoms with van der Waals surface area (Å²) in [6.07, 6.45) is 0.0835. The van der Waals surface area contributed by atoms with E-state index in [1.54, 1.807) is 4.90 Å². The number of carbonyl (C=O) groups is 2. The van der Waals surface area contributed by atoms with E-state index in [1.165, 1.54) is 0 Å². The fraction of sp³-hybridized carbons (Fsp3) is 0.818. The van der Waals surface area contributed by atoms with E-state index < -0.39 is 12.0 Å². The van der Waals surface area contributed by atoms with Crippen molar-refractivity contribution in [3.05, 3.63) is 0 Å². The van der Waals surface area contributed by atoms with Gasteiger partial charge in [-0.2, -0.15) is 0 Å². The van der Waals surface area contributed by atoms with Gasteiger partial charge < -0.3 is 20.5 Å². The molecule has 0 aromatic rings. The molecular formula is C11H20N2O4. The predicted octanol–water partition coefficient (Wildman–Crippen LogP) is -0.186. The van der Waals surface area contributed by atoms with Gasteiger partial charge in [-0.15, -0.1) is 0 Å². The smallest absolute Gasteiger partial charge is 0.303 e. The van der Waals surface area contributed by atoms with Gasteiger partial charge in [0.2, 0.25) is 5.91 Å². The summed E-state index contributed by atoms with van der Waals surface area (Å²) in [5.74, 6) is -1.12. The molecule has 0 radical (unpaired) electrons. The number of amides is 1. The summed E-state index contributed by atoms with van der Waals surface area (Å²) in [6.45, 7) is 4.84. The largest absolute Gasteiger partial charge is 0.481 e. The second-order valence-corrected chi connectivity index (χ2v) is 4.54. The fourth-order valence-electron chi connectivity index (χ4n) is 1.99. The van der Waals surface area contributed by atoms with E-state index in [9.17, 15) is 9.59 Å². The standard InChI is InChI=1S/C11H20N2O4/c1-7-5-13(6-8(2)17-7)11(16)9(12)3-4-10(14)15/h7-9H,3-6,12H2,1-2H3,(H,14,15)/t7-,8+,9?. The van der Waals surface area contributed by atoms with Crippen molar-refractivity contribution in [1.29, 1.82) is 0 Å². The van der Waals surface area contributed by atoms with Crippen molar-refractivity contribution >= 4 is 11.9 Å². The number of carboxylic acid groups (broad SMARTS) is 1. The molecule has 0 bridgehead atoms. The molecule has 3 atom stereocenters. The van der Waals surface area contributed by atoms with Crippen molar-refractivity contribution in [2.24, 2.45) is 5.73 Å². The van der Waals surface area contributed by atoms with Gasteiger partial charge in [-0.05, 0) is 20.3 Å². The SMILES string of the molecule is C[C@@H]1CN(C(=O)C(N)CCC(=O)O)C[C@H](C)O1. The Hall–Kier alpha value is -1.14. The molecule has 98 valence electrons. The van der Waals surface area contributed by atoms with Crippen molar-refractivity contribution in [2.45, 2.75) is 44.9 Å². The lowest BCUT2D eigenvalue weighted by atomic mass is 10.1. The minimum absolute atomic E-state index is 0.00521. The Balaban J connectivity index is 2.47. The van der Waals surface area contributed by atoms with Gasteiger partial charge in [0.05, 0.1) is 18.2 Å². The molecule has 1 amide bonds. The van der Waals surface area contributed by atoms with Crippen LogP contribution < -0.4 is 5.73 Å². The first-order chi connectivity index (χ1) is 7.90. The van der Waals surface area contributed by atoms with Crippen LogP contribution in [0.5, 0.6) is 0 Å². The quantitative estimate of drug-likeness (QED) is 0.715. The molecule has 1 rings (SSSR count). The average Bonchev–Trinajstić information content (AvgIpc) is 2.23. The lowest BCUT2D eigenvalue weighted by Gasteiger charge is -2.36. The van der Waals surface area contributed by atoms with Crippen molar-refractivity contribution in [3.63, 3.8) is 0 Å². The van der Waals surface area contributed by atoms with Crippen LogP contribution in [0.3, 0.4) is 0 Å². The zero-order valence-electron chi connectivity index (χ0n) is 10.3. The molecule has 6 heteroatoms. The molecule has 0 aromatic carbocycles. The zero-order valence-corrected chi connectivity index (χ0v) is 10.3. The first-order valence-corrected chi connectivity index (χ1v) is 5.81. The maximum atomic E-state index is 12.0. The van der Waals surface area contributed by atoms with Crippen LogP contribution in [0.2, 0.25) is 0 Å². The number of hydrogen-bond acceptors (Lipinski definition) is 4. The van der Waals surface area contributed by atoms with E-state index in [-0.39, 0.29) is 31.0 Å². The molecule has 6 nitrogen and oxygen atoms in total. The summed E-state index contributed by atoms with van der Waals surface area (Å²) in [4.78, 5) is 24.0. The molecule has 0 spiro atoms. The zero-order chi connectivity index (χ0) is 13.0. The Morgan fingerprint density at radius 1 is 1.41 bits per heavy atom. The number of ether oxygens (including phenoxy) is 1. The first kappa shape index (κ1) is 13.9. The van der Waals surface area contributed by atoms with Crippen molar-refractivity contribution < 1.29 is 19.4 Å². The van der Waals surface area contributed by atoms with E-state index in [0.29, 0.717) is 13.1 Å². The summed E-state index contributed by atoms with van der Waals surface area (Å²) in [5, 5.41) is 8.54. The molecule has 0 aliphatic carbocycles. The summed E-state index contributed by atoms with van der Waals surface area (Å²) in [7, 11) is 0. The minimum Gasteiger partial charge on any atom is -0.481 e. The molecule has 17 heavy (non-hydrogen) atoms. The topological polar surface area (TPSA) is 92.9 Å². The van der Waals surface area contributed by atoms with Gasteiger partial charge in [-0.1, -0.05) is 0 Å². The Labute approximate surface area is 101 Å². The van der Waals surface area contributed by atoms with Gasteiger partial charge in [0.15, 0.2) is 0 Å². The van der Waals surface area contributed by atoms with Crippen LogP contribution in [-0.2, 0) is 14.3 Å². The molecule has 1 aliphatic rings. The normalized spacial score (nSPS) is 26.6. The third-order valence-corrected chi connectivity index (χ3v) is 2.72. The lowest BCUT2D eigenvalue weighted by molar-refractivity contribution is -0.145. The Kier molecular flexibility index (Phi) is 4.89. The molecular weight excluding hydrogens is 224 g/mol. The second-order valence-electron chi connectivity index (χ2n) is 4.54. The molecule has 1 aliphatic heterocycles. The average molecular weight is 244 g/mol. The minimum atomic E-state index is -0.933. The van der Waals surface area contributed by atoms with Crippen molar-refractivity contribution in [1.82, 2.24) is 4.90 Å². The Morgan fingerprint density at radius 3 is 2.41 bits per heavy atom. The van der Waals surface area contributed by atoms with Crippen LogP contribution in [0, 0.1) is 0 Å². The summed E-state index contributed by atoms with van der Waals surface area (Å²) in [5.41, 5.74) is 5.69. The number of nitrogens with two attached hydrogens (primary N) is 1. The van der Waals surface area contributed by atoms with Crippen LogP contribution in [0.1, 0.15) is 26.7 Å². The van der Waals surface area contributed by atoms with E-state index in [4.69, 9.17) is 15.6 Å². The van der Waals surface area contributed by atoms with Gasteiger partial charge in [0, 0.05) is 19.5 Å². The van der Waals surface area contributed by atoms with Gasteiger partial charge in [-0.3, -0.25) is 9.59 Å². The van der Waals surface area contributed by atoms with Crippen molar-refractivity contribution in [3.8, 4) is 0 Å². The van der Waals surface area contributed by atoms with Crippen LogP contribution in [0.15, 0.2) is 0 Å².